The molecule has 0 atom stereocenters. The van der Waals surface area contributed by atoms with E-state index in [4.69, 9.17) is 9.52 Å². The Balaban J connectivity index is 1.83. The standard InChI is InChI=1S/C13H14N2O3/c16-13(17)12-6-5-9(18-12)7-15-8-14-10-3-1-2-4-11(10)15/h5-6,8H,1-4,7H2,(H,16,17). The maximum Gasteiger partial charge on any atom is 0.371 e. The Kier molecular flexibility index (Phi) is 2.66. The third kappa shape index (κ3) is 1.92. The first kappa shape index (κ1) is 11.1. The summed E-state index contributed by atoms with van der Waals surface area (Å²) in [6.07, 6.45) is 6.30. The highest BCUT2D eigenvalue weighted by atomic mass is 16.4. The molecule has 0 radical (unpaired) electrons. The molecular formula is C13H14N2O3. The van der Waals surface area contributed by atoms with E-state index in [0.29, 0.717) is 12.3 Å². The molecule has 0 aromatic carbocycles. The fourth-order valence-electron chi connectivity index (χ4n) is 2.41. The fraction of sp³-hybridized carbons (Fsp3) is 0.385. The Morgan fingerprint density at radius 3 is 3.00 bits per heavy atom. The minimum absolute atomic E-state index is 0.0148. The van der Waals surface area contributed by atoms with Gasteiger partial charge in [-0.3, -0.25) is 0 Å². The lowest BCUT2D eigenvalue weighted by Gasteiger charge is -2.13. The SMILES string of the molecule is O=C(O)c1ccc(Cn2cnc3c2CCCC3)o1. The number of hydrogen-bond donors (Lipinski definition) is 1. The van der Waals surface area contributed by atoms with E-state index in [-0.39, 0.29) is 5.76 Å². The first-order chi connectivity index (χ1) is 8.74. The number of rotatable bonds is 3. The number of carbonyl (C=O) groups is 1. The number of furan rings is 1. The summed E-state index contributed by atoms with van der Waals surface area (Å²) in [6.45, 7) is 0.551. The Morgan fingerprint density at radius 2 is 2.22 bits per heavy atom. The van der Waals surface area contributed by atoms with Crippen molar-refractivity contribution in [1.29, 1.82) is 0 Å². The van der Waals surface area contributed by atoms with Crippen molar-refractivity contribution in [1.82, 2.24) is 9.55 Å². The van der Waals surface area contributed by atoms with Crippen LogP contribution in [0, 0.1) is 0 Å². The molecule has 2 heterocycles. The van der Waals surface area contributed by atoms with Gasteiger partial charge in [-0.05, 0) is 37.8 Å². The Morgan fingerprint density at radius 1 is 1.39 bits per heavy atom. The van der Waals surface area contributed by atoms with Gasteiger partial charge < -0.3 is 14.1 Å². The van der Waals surface area contributed by atoms with E-state index >= 15 is 0 Å². The van der Waals surface area contributed by atoms with E-state index in [1.807, 2.05) is 6.33 Å². The van der Waals surface area contributed by atoms with Gasteiger partial charge in [-0.15, -0.1) is 0 Å². The fourth-order valence-corrected chi connectivity index (χ4v) is 2.41. The minimum Gasteiger partial charge on any atom is -0.475 e. The average molecular weight is 246 g/mol. The maximum atomic E-state index is 10.7. The molecule has 0 bridgehead atoms. The smallest absolute Gasteiger partial charge is 0.371 e. The predicted octanol–water partition coefficient (Wildman–Crippen LogP) is 2.10. The van der Waals surface area contributed by atoms with Crippen LogP contribution in [-0.4, -0.2) is 20.6 Å². The minimum atomic E-state index is -1.03. The van der Waals surface area contributed by atoms with Gasteiger partial charge in [0, 0.05) is 5.69 Å². The van der Waals surface area contributed by atoms with E-state index in [1.165, 1.54) is 30.3 Å². The summed E-state index contributed by atoms with van der Waals surface area (Å²) in [6, 6.07) is 3.19. The second-order valence-electron chi connectivity index (χ2n) is 4.54. The Labute approximate surface area is 104 Å². The third-order valence-corrected chi connectivity index (χ3v) is 3.31. The summed E-state index contributed by atoms with van der Waals surface area (Å²) in [4.78, 5) is 15.1. The van der Waals surface area contributed by atoms with Crippen LogP contribution in [0.3, 0.4) is 0 Å². The van der Waals surface area contributed by atoms with Crippen LogP contribution >= 0.6 is 0 Å². The highest BCUT2D eigenvalue weighted by Crippen LogP contribution is 2.21. The van der Waals surface area contributed by atoms with Gasteiger partial charge in [0.1, 0.15) is 5.76 Å². The van der Waals surface area contributed by atoms with Crippen molar-refractivity contribution in [3.63, 3.8) is 0 Å². The zero-order valence-electron chi connectivity index (χ0n) is 9.93. The molecule has 1 aliphatic carbocycles. The maximum absolute atomic E-state index is 10.7. The second kappa shape index (κ2) is 4.33. The molecule has 94 valence electrons. The van der Waals surface area contributed by atoms with Crippen molar-refractivity contribution in [3.05, 3.63) is 41.4 Å². The molecule has 2 aromatic heterocycles. The number of imidazole rings is 1. The molecule has 5 nitrogen and oxygen atoms in total. The molecule has 0 aliphatic heterocycles. The first-order valence-corrected chi connectivity index (χ1v) is 6.09. The molecule has 2 aromatic rings. The number of carboxylic acid groups (broad SMARTS) is 1. The van der Waals surface area contributed by atoms with Gasteiger partial charge in [-0.1, -0.05) is 0 Å². The van der Waals surface area contributed by atoms with E-state index < -0.39 is 5.97 Å². The number of hydrogen-bond acceptors (Lipinski definition) is 3. The van der Waals surface area contributed by atoms with Crippen molar-refractivity contribution in [2.75, 3.05) is 0 Å². The van der Waals surface area contributed by atoms with Crippen LogP contribution in [0.5, 0.6) is 0 Å². The Bertz CT molecular complexity index is 583. The van der Waals surface area contributed by atoms with E-state index in [0.717, 1.165) is 12.8 Å². The average Bonchev–Trinajstić information content (AvgIpc) is 2.98. The highest BCUT2D eigenvalue weighted by Gasteiger charge is 2.16. The van der Waals surface area contributed by atoms with Gasteiger partial charge in [0.05, 0.1) is 18.6 Å². The molecule has 1 aliphatic rings. The van der Waals surface area contributed by atoms with Crippen molar-refractivity contribution >= 4 is 5.97 Å². The van der Waals surface area contributed by atoms with Gasteiger partial charge in [-0.2, -0.15) is 0 Å². The molecule has 18 heavy (non-hydrogen) atoms. The van der Waals surface area contributed by atoms with Gasteiger partial charge in [0.25, 0.3) is 0 Å². The number of aryl methyl sites for hydroxylation is 1. The van der Waals surface area contributed by atoms with E-state index in [1.54, 1.807) is 6.07 Å². The van der Waals surface area contributed by atoms with Crippen molar-refractivity contribution in [3.8, 4) is 0 Å². The number of aromatic nitrogens is 2. The summed E-state index contributed by atoms with van der Waals surface area (Å²) in [5.74, 6) is -0.397. The zero-order valence-corrected chi connectivity index (χ0v) is 9.93. The van der Waals surface area contributed by atoms with Crippen LogP contribution < -0.4 is 0 Å². The van der Waals surface area contributed by atoms with Crippen LogP contribution in [0.4, 0.5) is 0 Å². The molecule has 3 rings (SSSR count). The summed E-state index contributed by atoms with van der Waals surface area (Å²) in [5, 5.41) is 8.80. The molecule has 0 spiro atoms. The summed E-state index contributed by atoms with van der Waals surface area (Å²) in [7, 11) is 0. The molecule has 5 heteroatoms. The lowest BCUT2D eigenvalue weighted by Crippen LogP contribution is -2.08. The van der Waals surface area contributed by atoms with E-state index in [9.17, 15) is 4.79 Å². The number of carboxylic acids is 1. The lowest BCUT2D eigenvalue weighted by molar-refractivity contribution is 0.0660. The predicted molar refractivity (Wildman–Crippen MR) is 63.6 cm³/mol. The molecule has 0 amide bonds. The van der Waals surface area contributed by atoms with Crippen LogP contribution in [0.1, 0.15) is 40.5 Å². The lowest BCUT2D eigenvalue weighted by atomic mass is 10.0. The normalized spacial score (nSPS) is 14.4. The molecule has 1 N–H and O–H groups in total. The molecule has 0 fully saturated rings. The molecular weight excluding hydrogens is 232 g/mol. The quantitative estimate of drug-likeness (QED) is 0.900. The topological polar surface area (TPSA) is 68.3 Å². The highest BCUT2D eigenvalue weighted by molar-refractivity contribution is 5.84. The van der Waals surface area contributed by atoms with Crippen molar-refractivity contribution in [2.45, 2.75) is 32.2 Å². The summed E-state index contributed by atoms with van der Waals surface area (Å²) in [5.41, 5.74) is 2.43. The molecule has 0 saturated carbocycles. The van der Waals surface area contributed by atoms with Gasteiger partial charge in [0.15, 0.2) is 0 Å². The van der Waals surface area contributed by atoms with Crippen molar-refractivity contribution < 1.29 is 14.3 Å². The number of nitrogens with zero attached hydrogens (tertiary/aromatic N) is 2. The van der Waals surface area contributed by atoms with Gasteiger partial charge in [0.2, 0.25) is 5.76 Å². The largest absolute Gasteiger partial charge is 0.475 e. The van der Waals surface area contributed by atoms with Gasteiger partial charge >= 0.3 is 5.97 Å². The van der Waals surface area contributed by atoms with Crippen molar-refractivity contribution in [2.24, 2.45) is 0 Å². The second-order valence-corrected chi connectivity index (χ2v) is 4.54. The number of fused-ring (bicyclic) bond motifs is 1. The molecule has 0 saturated heterocycles. The van der Waals surface area contributed by atoms with Crippen LogP contribution in [0.15, 0.2) is 22.9 Å². The molecule has 0 unspecified atom stereocenters. The summed E-state index contributed by atoms with van der Waals surface area (Å²) >= 11 is 0. The van der Waals surface area contributed by atoms with Crippen LogP contribution in [0.2, 0.25) is 0 Å². The van der Waals surface area contributed by atoms with Crippen LogP contribution in [-0.2, 0) is 19.4 Å². The third-order valence-electron chi connectivity index (χ3n) is 3.31. The van der Waals surface area contributed by atoms with E-state index in [2.05, 4.69) is 9.55 Å². The Hall–Kier alpha value is -2.04. The van der Waals surface area contributed by atoms with Crippen LogP contribution in [0.25, 0.3) is 0 Å². The first-order valence-electron chi connectivity index (χ1n) is 6.09. The number of aromatic carboxylic acids is 1. The summed E-state index contributed by atoms with van der Waals surface area (Å²) < 4.78 is 7.32. The zero-order chi connectivity index (χ0) is 12.5. The van der Waals surface area contributed by atoms with Gasteiger partial charge in [-0.25, -0.2) is 9.78 Å². The monoisotopic (exact) mass is 246 g/mol.